The number of aromatic nitrogens is 2. The first-order valence-corrected chi connectivity index (χ1v) is 8.36. The molecule has 0 aliphatic heterocycles. The SMILES string of the molecule is O=C(C=Cc1ccccc1)Nc1cnn(Cc2ccc(Cl)cc2Cl)c1. The lowest BCUT2D eigenvalue weighted by Crippen LogP contribution is -2.07. The average molecular weight is 372 g/mol. The van der Waals surface area contributed by atoms with Crippen molar-refractivity contribution in [2.24, 2.45) is 0 Å². The van der Waals surface area contributed by atoms with Gasteiger partial charge in [-0.1, -0.05) is 59.6 Å². The van der Waals surface area contributed by atoms with Gasteiger partial charge >= 0.3 is 0 Å². The Kier molecular flexibility index (Phi) is 5.53. The number of carbonyl (C=O) groups excluding carboxylic acids is 1. The van der Waals surface area contributed by atoms with E-state index >= 15 is 0 Å². The van der Waals surface area contributed by atoms with Crippen molar-refractivity contribution in [1.29, 1.82) is 0 Å². The van der Waals surface area contributed by atoms with Gasteiger partial charge in [0, 0.05) is 22.3 Å². The molecule has 1 N–H and O–H groups in total. The summed E-state index contributed by atoms with van der Waals surface area (Å²) in [5.74, 6) is -0.215. The topological polar surface area (TPSA) is 46.9 Å². The molecule has 3 aromatic rings. The Hall–Kier alpha value is -2.56. The van der Waals surface area contributed by atoms with Crippen LogP contribution in [0, 0.1) is 0 Å². The minimum absolute atomic E-state index is 0.215. The average Bonchev–Trinajstić information content (AvgIpc) is 3.03. The van der Waals surface area contributed by atoms with Crippen LogP contribution in [0.25, 0.3) is 6.08 Å². The van der Waals surface area contributed by atoms with Crippen LogP contribution in [0.2, 0.25) is 10.0 Å². The number of nitrogens with zero attached hydrogens (tertiary/aromatic N) is 2. The molecule has 0 fully saturated rings. The highest BCUT2D eigenvalue weighted by Gasteiger charge is 2.05. The van der Waals surface area contributed by atoms with Gasteiger partial charge in [-0.3, -0.25) is 9.48 Å². The maximum Gasteiger partial charge on any atom is 0.248 e. The number of amides is 1. The zero-order valence-corrected chi connectivity index (χ0v) is 14.7. The van der Waals surface area contributed by atoms with Gasteiger partial charge < -0.3 is 5.32 Å². The molecule has 25 heavy (non-hydrogen) atoms. The van der Waals surface area contributed by atoms with E-state index in [-0.39, 0.29) is 5.91 Å². The van der Waals surface area contributed by atoms with E-state index in [1.54, 1.807) is 35.3 Å². The molecule has 3 rings (SSSR count). The Morgan fingerprint density at radius 2 is 1.96 bits per heavy atom. The number of anilines is 1. The molecule has 0 unspecified atom stereocenters. The summed E-state index contributed by atoms with van der Waals surface area (Å²) in [5.41, 5.74) is 2.48. The summed E-state index contributed by atoms with van der Waals surface area (Å²) in [6.07, 6.45) is 6.59. The number of carbonyl (C=O) groups is 1. The van der Waals surface area contributed by atoms with Crippen LogP contribution >= 0.6 is 23.2 Å². The number of hydrogen-bond donors (Lipinski definition) is 1. The fourth-order valence-electron chi connectivity index (χ4n) is 2.26. The van der Waals surface area contributed by atoms with Gasteiger partial charge in [0.2, 0.25) is 5.91 Å². The molecule has 1 aromatic heterocycles. The molecule has 0 aliphatic carbocycles. The number of rotatable bonds is 5. The second-order valence-corrected chi connectivity index (χ2v) is 6.24. The Balaban J connectivity index is 1.61. The highest BCUT2D eigenvalue weighted by Crippen LogP contribution is 2.22. The molecule has 2 aromatic carbocycles. The number of halogens is 2. The number of nitrogens with one attached hydrogen (secondary N) is 1. The van der Waals surface area contributed by atoms with Crippen LogP contribution in [0.1, 0.15) is 11.1 Å². The minimum atomic E-state index is -0.215. The zero-order valence-electron chi connectivity index (χ0n) is 13.2. The third kappa shape index (κ3) is 4.95. The number of hydrogen-bond acceptors (Lipinski definition) is 2. The van der Waals surface area contributed by atoms with E-state index in [4.69, 9.17) is 23.2 Å². The van der Waals surface area contributed by atoms with Crippen LogP contribution < -0.4 is 5.32 Å². The molecule has 0 saturated carbocycles. The van der Waals surface area contributed by atoms with Crippen LogP contribution in [0.15, 0.2) is 67.0 Å². The first-order chi connectivity index (χ1) is 12.1. The predicted octanol–water partition coefficient (Wildman–Crippen LogP) is 4.89. The smallest absolute Gasteiger partial charge is 0.248 e. The van der Waals surface area contributed by atoms with Gasteiger partial charge in [0.25, 0.3) is 0 Å². The maximum absolute atomic E-state index is 12.0. The van der Waals surface area contributed by atoms with Crippen molar-refractivity contribution in [3.05, 3.63) is 88.2 Å². The third-order valence-corrected chi connectivity index (χ3v) is 4.06. The van der Waals surface area contributed by atoms with E-state index in [0.717, 1.165) is 11.1 Å². The van der Waals surface area contributed by atoms with Crippen molar-refractivity contribution >= 4 is 40.9 Å². The van der Waals surface area contributed by atoms with Crippen LogP contribution in [0.3, 0.4) is 0 Å². The lowest BCUT2D eigenvalue weighted by Gasteiger charge is -2.04. The molecule has 0 spiro atoms. The number of benzene rings is 2. The van der Waals surface area contributed by atoms with Crippen LogP contribution in [-0.4, -0.2) is 15.7 Å². The first-order valence-electron chi connectivity index (χ1n) is 7.61. The predicted molar refractivity (Wildman–Crippen MR) is 102 cm³/mol. The van der Waals surface area contributed by atoms with E-state index in [9.17, 15) is 4.79 Å². The zero-order chi connectivity index (χ0) is 17.6. The van der Waals surface area contributed by atoms with E-state index in [1.165, 1.54) is 6.08 Å². The summed E-state index contributed by atoms with van der Waals surface area (Å²) in [6.45, 7) is 0.492. The molecule has 6 heteroatoms. The van der Waals surface area contributed by atoms with Crippen LogP contribution in [0.5, 0.6) is 0 Å². The van der Waals surface area contributed by atoms with Crippen molar-refractivity contribution < 1.29 is 4.79 Å². The van der Waals surface area contributed by atoms with Gasteiger partial charge in [-0.15, -0.1) is 0 Å². The van der Waals surface area contributed by atoms with Crippen molar-refractivity contribution in [2.45, 2.75) is 6.54 Å². The molecule has 0 saturated heterocycles. The molecule has 1 amide bonds. The minimum Gasteiger partial charge on any atom is -0.320 e. The molecule has 4 nitrogen and oxygen atoms in total. The van der Waals surface area contributed by atoms with Crippen LogP contribution in [-0.2, 0) is 11.3 Å². The maximum atomic E-state index is 12.0. The second kappa shape index (κ2) is 8.01. The lowest BCUT2D eigenvalue weighted by molar-refractivity contribution is -0.111. The van der Waals surface area contributed by atoms with Crippen molar-refractivity contribution in [3.8, 4) is 0 Å². The van der Waals surface area contributed by atoms with Crippen LogP contribution in [0.4, 0.5) is 5.69 Å². The highest BCUT2D eigenvalue weighted by molar-refractivity contribution is 6.35. The molecule has 0 atom stereocenters. The second-order valence-electron chi connectivity index (χ2n) is 5.40. The summed E-state index contributed by atoms with van der Waals surface area (Å²) < 4.78 is 1.70. The van der Waals surface area contributed by atoms with Gasteiger partial charge in [0.15, 0.2) is 0 Å². The highest BCUT2D eigenvalue weighted by atomic mass is 35.5. The van der Waals surface area contributed by atoms with E-state index in [1.807, 2.05) is 36.4 Å². The third-order valence-electron chi connectivity index (χ3n) is 3.47. The van der Waals surface area contributed by atoms with Crippen molar-refractivity contribution in [1.82, 2.24) is 9.78 Å². The van der Waals surface area contributed by atoms with Gasteiger partial charge in [0.05, 0.1) is 18.4 Å². The summed E-state index contributed by atoms with van der Waals surface area (Å²) in [5, 5.41) is 8.18. The van der Waals surface area contributed by atoms with Gasteiger partial charge in [-0.25, -0.2) is 0 Å². The Bertz CT molecular complexity index is 904. The summed E-state index contributed by atoms with van der Waals surface area (Å²) in [4.78, 5) is 12.0. The molecular weight excluding hydrogens is 357 g/mol. The molecule has 0 aliphatic rings. The van der Waals surface area contributed by atoms with Crippen molar-refractivity contribution in [3.63, 3.8) is 0 Å². The van der Waals surface area contributed by atoms with E-state index in [2.05, 4.69) is 10.4 Å². The Labute approximate surface area is 155 Å². The fourth-order valence-corrected chi connectivity index (χ4v) is 2.73. The first kappa shape index (κ1) is 17.3. The lowest BCUT2D eigenvalue weighted by atomic mass is 10.2. The van der Waals surface area contributed by atoms with Gasteiger partial charge in [0.1, 0.15) is 0 Å². The Morgan fingerprint density at radius 3 is 2.72 bits per heavy atom. The molecule has 1 heterocycles. The standard InChI is InChI=1S/C19H15Cl2N3O/c20-16-8-7-15(18(21)10-16)12-24-13-17(11-22-24)23-19(25)9-6-14-4-2-1-3-5-14/h1-11,13H,12H2,(H,23,25). The quantitative estimate of drug-likeness (QED) is 0.649. The van der Waals surface area contributed by atoms with Gasteiger partial charge in [-0.2, -0.15) is 5.10 Å². The monoisotopic (exact) mass is 371 g/mol. The fraction of sp³-hybridized carbons (Fsp3) is 0.0526. The van der Waals surface area contributed by atoms with Gasteiger partial charge in [-0.05, 0) is 29.3 Å². The molecular formula is C19H15Cl2N3O. The van der Waals surface area contributed by atoms with Crippen molar-refractivity contribution in [2.75, 3.05) is 5.32 Å². The molecule has 0 bridgehead atoms. The normalized spacial score (nSPS) is 11.0. The Morgan fingerprint density at radius 1 is 1.16 bits per heavy atom. The summed E-state index contributed by atoms with van der Waals surface area (Å²) in [6, 6.07) is 15.0. The molecule has 0 radical (unpaired) electrons. The van der Waals surface area contributed by atoms with E-state index < -0.39 is 0 Å². The summed E-state index contributed by atoms with van der Waals surface area (Å²) >= 11 is 12.1. The summed E-state index contributed by atoms with van der Waals surface area (Å²) in [7, 11) is 0. The molecule has 126 valence electrons. The van der Waals surface area contributed by atoms with E-state index in [0.29, 0.717) is 22.3 Å². The largest absolute Gasteiger partial charge is 0.320 e.